The van der Waals surface area contributed by atoms with E-state index in [1.807, 2.05) is 24.3 Å². The second kappa shape index (κ2) is 7.31. The van der Waals surface area contributed by atoms with Crippen molar-refractivity contribution in [3.05, 3.63) is 52.4 Å². The van der Waals surface area contributed by atoms with Gasteiger partial charge in [-0.2, -0.15) is 0 Å². The zero-order valence-electron chi connectivity index (χ0n) is 12.7. The molecule has 1 aliphatic heterocycles. The predicted molar refractivity (Wildman–Crippen MR) is 90.3 cm³/mol. The fraction of sp³-hybridized carbons (Fsp3) is 0.412. The largest absolute Gasteiger partial charge is 0.496 e. The van der Waals surface area contributed by atoms with Crippen LogP contribution in [0.3, 0.4) is 0 Å². The summed E-state index contributed by atoms with van der Waals surface area (Å²) in [6.45, 7) is 4.08. The highest BCUT2D eigenvalue weighted by Crippen LogP contribution is 2.36. The number of nitrogens with one attached hydrogen (secondary N) is 1. The third-order valence-corrected chi connectivity index (χ3v) is 4.53. The van der Waals surface area contributed by atoms with E-state index in [2.05, 4.69) is 32.2 Å². The van der Waals surface area contributed by atoms with Gasteiger partial charge in [0.05, 0.1) is 19.4 Å². The van der Waals surface area contributed by atoms with Crippen LogP contribution in [0.5, 0.6) is 5.75 Å². The van der Waals surface area contributed by atoms with Crippen LogP contribution in [0, 0.1) is 0 Å². The molecule has 118 valence electrons. The highest BCUT2D eigenvalue weighted by molar-refractivity contribution is 9.10. The van der Waals surface area contributed by atoms with Gasteiger partial charge >= 0.3 is 0 Å². The fourth-order valence-corrected chi connectivity index (χ4v) is 3.40. The zero-order chi connectivity index (χ0) is 15.4. The summed E-state index contributed by atoms with van der Waals surface area (Å²) in [7, 11) is 1.72. The minimum Gasteiger partial charge on any atom is -0.496 e. The molecule has 0 saturated carbocycles. The minimum absolute atomic E-state index is 0.0716. The van der Waals surface area contributed by atoms with Gasteiger partial charge in [0.15, 0.2) is 0 Å². The normalized spacial score (nSPS) is 17.9. The van der Waals surface area contributed by atoms with Gasteiger partial charge in [-0.3, -0.25) is 4.90 Å². The highest BCUT2D eigenvalue weighted by atomic mass is 79.9. The van der Waals surface area contributed by atoms with Gasteiger partial charge in [-0.1, -0.05) is 15.9 Å². The number of rotatable bonds is 4. The Morgan fingerprint density at radius 1 is 1.27 bits per heavy atom. The van der Waals surface area contributed by atoms with Crippen molar-refractivity contribution in [2.24, 2.45) is 0 Å². The van der Waals surface area contributed by atoms with Crippen LogP contribution in [-0.2, 0) is 0 Å². The minimum atomic E-state index is 0.0716. The molecule has 1 aromatic carbocycles. The first kappa shape index (κ1) is 15.6. The van der Waals surface area contributed by atoms with Gasteiger partial charge in [-0.05, 0) is 43.3 Å². The number of methoxy groups -OCH3 is 1. The van der Waals surface area contributed by atoms with Crippen LogP contribution in [0.2, 0.25) is 0 Å². The summed E-state index contributed by atoms with van der Waals surface area (Å²) in [4.78, 5) is 2.46. The van der Waals surface area contributed by atoms with Crippen LogP contribution in [0.1, 0.15) is 23.8 Å². The van der Waals surface area contributed by atoms with Gasteiger partial charge in [0.25, 0.3) is 0 Å². The Hall–Kier alpha value is -1.30. The number of nitrogens with zero attached hydrogens (tertiary/aromatic N) is 1. The van der Waals surface area contributed by atoms with Gasteiger partial charge in [-0.25, -0.2) is 0 Å². The van der Waals surface area contributed by atoms with E-state index >= 15 is 0 Å². The van der Waals surface area contributed by atoms with E-state index in [9.17, 15) is 0 Å². The van der Waals surface area contributed by atoms with Gasteiger partial charge in [0.2, 0.25) is 0 Å². The van der Waals surface area contributed by atoms with Gasteiger partial charge < -0.3 is 14.5 Å². The molecule has 1 unspecified atom stereocenters. The smallest absolute Gasteiger partial charge is 0.125 e. The maximum atomic E-state index is 5.75. The Balaban J connectivity index is 2.03. The molecular weight excluding hydrogens is 344 g/mol. The summed E-state index contributed by atoms with van der Waals surface area (Å²) in [5, 5.41) is 3.46. The Kier molecular flexibility index (Phi) is 5.18. The average Bonchev–Trinajstić information content (AvgIpc) is 2.91. The van der Waals surface area contributed by atoms with Gasteiger partial charge in [0.1, 0.15) is 11.5 Å². The number of ether oxygens (including phenoxy) is 1. The Labute approximate surface area is 139 Å². The van der Waals surface area contributed by atoms with Crippen molar-refractivity contribution in [1.29, 1.82) is 0 Å². The number of halogens is 1. The standard InChI is InChI=1S/C17H21BrN2O2/c1-21-15-6-5-13(18)12-14(15)17(16-4-2-11-22-16)20-9-3-7-19-8-10-20/h2,4-6,11-12,17,19H,3,7-10H2,1H3. The number of hydrogen-bond acceptors (Lipinski definition) is 4. The molecule has 22 heavy (non-hydrogen) atoms. The monoisotopic (exact) mass is 364 g/mol. The quantitative estimate of drug-likeness (QED) is 0.901. The van der Waals surface area contributed by atoms with E-state index in [0.717, 1.165) is 54.1 Å². The molecule has 0 bridgehead atoms. The molecule has 4 nitrogen and oxygen atoms in total. The number of benzene rings is 1. The van der Waals surface area contributed by atoms with E-state index < -0.39 is 0 Å². The second-order valence-electron chi connectivity index (χ2n) is 5.44. The summed E-state index contributed by atoms with van der Waals surface area (Å²) >= 11 is 3.58. The lowest BCUT2D eigenvalue weighted by atomic mass is 10.0. The molecule has 1 aliphatic rings. The molecule has 1 saturated heterocycles. The molecule has 5 heteroatoms. The Bertz CT molecular complexity index is 593. The Morgan fingerprint density at radius 2 is 2.18 bits per heavy atom. The summed E-state index contributed by atoms with van der Waals surface area (Å²) < 4.78 is 12.4. The van der Waals surface area contributed by atoms with Crippen molar-refractivity contribution >= 4 is 15.9 Å². The zero-order valence-corrected chi connectivity index (χ0v) is 14.3. The molecule has 3 rings (SSSR count). The molecule has 1 atom stereocenters. The van der Waals surface area contributed by atoms with Crippen LogP contribution in [0.4, 0.5) is 0 Å². The molecule has 1 aromatic heterocycles. The van der Waals surface area contributed by atoms with Crippen LogP contribution >= 0.6 is 15.9 Å². The molecule has 1 fully saturated rings. The summed E-state index contributed by atoms with van der Waals surface area (Å²) in [6.07, 6.45) is 2.87. The van der Waals surface area contributed by atoms with Crippen LogP contribution in [0.25, 0.3) is 0 Å². The molecule has 0 radical (unpaired) electrons. The summed E-state index contributed by atoms with van der Waals surface area (Å²) in [5.74, 6) is 1.85. The highest BCUT2D eigenvalue weighted by Gasteiger charge is 2.28. The maximum Gasteiger partial charge on any atom is 0.125 e. The molecular formula is C17H21BrN2O2. The summed E-state index contributed by atoms with van der Waals surface area (Å²) in [5.41, 5.74) is 1.13. The van der Waals surface area contributed by atoms with Crippen LogP contribution in [-0.4, -0.2) is 38.2 Å². The number of hydrogen-bond donors (Lipinski definition) is 1. The average molecular weight is 365 g/mol. The van der Waals surface area contributed by atoms with Gasteiger partial charge in [-0.15, -0.1) is 0 Å². The summed E-state index contributed by atoms with van der Waals surface area (Å²) in [6, 6.07) is 10.2. The van der Waals surface area contributed by atoms with Gasteiger partial charge in [0, 0.05) is 29.7 Å². The van der Waals surface area contributed by atoms with Crippen LogP contribution in [0.15, 0.2) is 45.5 Å². The second-order valence-corrected chi connectivity index (χ2v) is 6.36. The Morgan fingerprint density at radius 3 is 2.95 bits per heavy atom. The van der Waals surface area contributed by atoms with E-state index in [1.54, 1.807) is 13.4 Å². The van der Waals surface area contributed by atoms with E-state index in [-0.39, 0.29) is 6.04 Å². The first-order valence-corrected chi connectivity index (χ1v) is 8.40. The van der Waals surface area contributed by atoms with Crippen LogP contribution < -0.4 is 10.1 Å². The lowest BCUT2D eigenvalue weighted by Gasteiger charge is -2.30. The predicted octanol–water partition coefficient (Wildman–Crippen LogP) is 3.44. The molecule has 2 aromatic rings. The lowest BCUT2D eigenvalue weighted by Crippen LogP contribution is -2.33. The van der Waals surface area contributed by atoms with E-state index in [0.29, 0.717) is 0 Å². The molecule has 0 amide bonds. The first-order valence-electron chi connectivity index (χ1n) is 7.61. The van der Waals surface area contributed by atoms with Crippen molar-refractivity contribution < 1.29 is 9.15 Å². The third kappa shape index (κ3) is 3.37. The molecule has 1 N–H and O–H groups in total. The maximum absolute atomic E-state index is 5.75. The fourth-order valence-electron chi connectivity index (χ4n) is 3.02. The van der Waals surface area contributed by atoms with Crippen molar-refractivity contribution in [1.82, 2.24) is 10.2 Å². The van der Waals surface area contributed by atoms with E-state index in [1.165, 1.54) is 0 Å². The van der Waals surface area contributed by atoms with Crippen molar-refractivity contribution in [2.75, 3.05) is 33.3 Å². The van der Waals surface area contributed by atoms with Crippen molar-refractivity contribution in [3.8, 4) is 5.75 Å². The SMILES string of the molecule is COc1ccc(Br)cc1C(c1ccco1)N1CCCNCC1. The number of furan rings is 1. The molecule has 0 spiro atoms. The molecule has 0 aliphatic carbocycles. The van der Waals surface area contributed by atoms with Crippen molar-refractivity contribution in [2.45, 2.75) is 12.5 Å². The molecule has 2 heterocycles. The lowest BCUT2D eigenvalue weighted by molar-refractivity contribution is 0.212. The van der Waals surface area contributed by atoms with Crippen molar-refractivity contribution in [3.63, 3.8) is 0 Å². The third-order valence-electron chi connectivity index (χ3n) is 4.04. The first-order chi connectivity index (χ1) is 10.8. The van der Waals surface area contributed by atoms with E-state index in [4.69, 9.17) is 9.15 Å². The topological polar surface area (TPSA) is 37.6 Å².